The second-order valence-corrected chi connectivity index (χ2v) is 8.40. The molecule has 0 spiro atoms. The van der Waals surface area contributed by atoms with Gasteiger partial charge in [0.1, 0.15) is 23.2 Å². The number of methoxy groups -OCH3 is 1. The maximum absolute atomic E-state index is 13.8. The van der Waals surface area contributed by atoms with Crippen LogP contribution in [-0.2, 0) is 9.84 Å². The van der Waals surface area contributed by atoms with Crippen molar-refractivity contribution >= 4 is 20.7 Å². The van der Waals surface area contributed by atoms with Crippen LogP contribution in [0.4, 0.5) is 13.2 Å². The molecule has 0 saturated carbocycles. The van der Waals surface area contributed by atoms with Gasteiger partial charge in [-0.2, -0.15) is 0 Å². The van der Waals surface area contributed by atoms with Crippen molar-refractivity contribution in [2.75, 3.05) is 7.11 Å². The van der Waals surface area contributed by atoms with E-state index >= 15 is 0 Å². The van der Waals surface area contributed by atoms with E-state index in [0.717, 1.165) is 6.07 Å². The Balaban J connectivity index is 1.98. The summed E-state index contributed by atoms with van der Waals surface area (Å²) in [6, 6.07) is 14.0. The largest absolute Gasteiger partial charge is 0.497 e. The molecular formula is C22H14F3NO3S. The van der Waals surface area contributed by atoms with Crippen LogP contribution in [0.3, 0.4) is 0 Å². The fourth-order valence-corrected chi connectivity index (χ4v) is 4.40. The predicted octanol–water partition coefficient (Wildman–Crippen LogP) is 5.16. The van der Waals surface area contributed by atoms with Gasteiger partial charge in [-0.25, -0.2) is 26.6 Å². The summed E-state index contributed by atoms with van der Waals surface area (Å²) < 4.78 is 72.3. The summed E-state index contributed by atoms with van der Waals surface area (Å²) in [4.78, 5) is 3.49. The molecule has 152 valence electrons. The lowest BCUT2D eigenvalue weighted by atomic mass is 10.0. The third-order valence-corrected chi connectivity index (χ3v) is 6.19. The van der Waals surface area contributed by atoms with Gasteiger partial charge in [-0.15, -0.1) is 0 Å². The van der Waals surface area contributed by atoms with Crippen molar-refractivity contribution < 1.29 is 26.3 Å². The standard InChI is InChI=1S/C22H14F3NO3S/c1-29-17-5-2-13(3-6-17)20-12-22(26-21-11-14(23)4-7-19(20)21)30(27,28)18-9-15(24)8-16(25)10-18/h2-12H,1H3. The van der Waals surface area contributed by atoms with E-state index in [1.165, 1.54) is 25.3 Å². The van der Waals surface area contributed by atoms with Crippen molar-refractivity contribution in [1.29, 1.82) is 0 Å². The van der Waals surface area contributed by atoms with Gasteiger partial charge in [0, 0.05) is 17.5 Å². The molecule has 0 saturated heterocycles. The number of sulfone groups is 1. The minimum atomic E-state index is -4.37. The molecule has 4 rings (SSSR count). The van der Waals surface area contributed by atoms with Gasteiger partial charge in [0.2, 0.25) is 9.84 Å². The van der Waals surface area contributed by atoms with Crippen LogP contribution in [0.1, 0.15) is 0 Å². The van der Waals surface area contributed by atoms with Crippen LogP contribution in [0.5, 0.6) is 5.75 Å². The van der Waals surface area contributed by atoms with Gasteiger partial charge in [-0.3, -0.25) is 0 Å². The molecule has 0 radical (unpaired) electrons. The lowest BCUT2D eigenvalue weighted by Crippen LogP contribution is -2.06. The maximum atomic E-state index is 13.8. The van der Waals surface area contributed by atoms with E-state index in [4.69, 9.17) is 4.74 Å². The summed E-state index contributed by atoms with van der Waals surface area (Å²) in [6.07, 6.45) is 0. The average molecular weight is 429 g/mol. The van der Waals surface area contributed by atoms with Crippen LogP contribution in [-0.4, -0.2) is 20.5 Å². The average Bonchev–Trinajstić information content (AvgIpc) is 2.72. The summed E-state index contributed by atoms with van der Waals surface area (Å²) in [5.74, 6) is -2.06. The van der Waals surface area contributed by atoms with E-state index in [1.807, 2.05) is 0 Å². The minimum absolute atomic E-state index is 0.0961. The Morgan fingerprint density at radius 1 is 0.800 bits per heavy atom. The number of hydrogen-bond acceptors (Lipinski definition) is 4. The van der Waals surface area contributed by atoms with Gasteiger partial charge in [0.05, 0.1) is 17.5 Å². The lowest BCUT2D eigenvalue weighted by molar-refractivity contribution is 0.415. The van der Waals surface area contributed by atoms with Crippen LogP contribution in [0, 0.1) is 17.5 Å². The first kappa shape index (κ1) is 19.9. The van der Waals surface area contributed by atoms with Crippen molar-refractivity contribution in [3.63, 3.8) is 0 Å². The second-order valence-electron chi connectivity index (χ2n) is 6.51. The third-order valence-electron chi connectivity index (χ3n) is 4.57. The highest BCUT2D eigenvalue weighted by atomic mass is 32.2. The molecule has 8 heteroatoms. The maximum Gasteiger partial charge on any atom is 0.224 e. The Labute approximate surface area is 170 Å². The first-order chi connectivity index (χ1) is 14.3. The molecule has 0 N–H and O–H groups in total. The summed E-state index contributed by atoms with van der Waals surface area (Å²) >= 11 is 0. The Morgan fingerprint density at radius 3 is 2.10 bits per heavy atom. The van der Waals surface area contributed by atoms with Gasteiger partial charge in [0.25, 0.3) is 0 Å². The highest BCUT2D eigenvalue weighted by molar-refractivity contribution is 7.91. The molecule has 3 aromatic carbocycles. The van der Waals surface area contributed by atoms with Crippen molar-refractivity contribution in [3.8, 4) is 16.9 Å². The number of aromatic nitrogens is 1. The molecule has 0 amide bonds. The van der Waals surface area contributed by atoms with Gasteiger partial charge in [-0.05, 0) is 53.6 Å². The van der Waals surface area contributed by atoms with Gasteiger partial charge in [-0.1, -0.05) is 12.1 Å². The Morgan fingerprint density at radius 2 is 1.47 bits per heavy atom. The van der Waals surface area contributed by atoms with Crippen molar-refractivity contribution in [2.24, 2.45) is 0 Å². The number of ether oxygens (including phenoxy) is 1. The molecular weight excluding hydrogens is 415 g/mol. The van der Waals surface area contributed by atoms with Crippen molar-refractivity contribution in [1.82, 2.24) is 4.98 Å². The van der Waals surface area contributed by atoms with Gasteiger partial charge >= 0.3 is 0 Å². The molecule has 1 aromatic heterocycles. The summed E-state index contributed by atoms with van der Waals surface area (Å²) in [7, 11) is -2.85. The molecule has 0 aliphatic rings. The molecule has 0 atom stereocenters. The second kappa shape index (κ2) is 7.46. The lowest BCUT2D eigenvalue weighted by Gasteiger charge is -2.12. The summed E-state index contributed by atoms with van der Waals surface area (Å²) in [5, 5.41) is 0.0716. The smallest absolute Gasteiger partial charge is 0.224 e. The number of nitrogens with zero attached hydrogens (tertiary/aromatic N) is 1. The Kier molecular flexibility index (Phi) is 4.95. The van der Waals surface area contributed by atoms with E-state index in [-0.39, 0.29) is 5.52 Å². The normalized spacial score (nSPS) is 11.6. The third kappa shape index (κ3) is 3.61. The van der Waals surface area contributed by atoms with E-state index in [1.54, 1.807) is 24.3 Å². The number of rotatable bonds is 4. The fraction of sp³-hybridized carbons (Fsp3) is 0.0455. The first-order valence-electron chi connectivity index (χ1n) is 8.74. The topological polar surface area (TPSA) is 56.3 Å². The van der Waals surface area contributed by atoms with Crippen molar-refractivity contribution in [3.05, 3.63) is 84.2 Å². The van der Waals surface area contributed by atoms with Crippen LogP contribution < -0.4 is 4.74 Å². The molecule has 30 heavy (non-hydrogen) atoms. The number of fused-ring (bicyclic) bond motifs is 1. The molecule has 4 nitrogen and oxygen atoms in total. The van der Waals surface area contributed by atoms with E-state index < -0.39 is 37.2 Å². The molecule has 0 aliphatic carbocycles. The summed E-state index contributed by atoms with van der Waals surface area (Å²) in [6.45, 7) is 0. The molecule has 0 bridgehead atoms. The highest BCUT2D eigenvalue weighted by Crippen LogP contribution is 2.33. The molecule has 0 unspecified atom stereocenters. The SMILES string of the molecule is COc1ccc(-c2cc(S(=O)(=O)c3cc(F)cc(F)c3)nc3cc(F)ccc23)cc1. The number of benzene rings is 3. The monoisotopic (exact) mass is 429 g/mol. The number of halogens is 3. The Hall–Kier alpha value is -3.39. The zero-order valence-electron chi connectivity index (χ0n) is 15.6. The first-order valence-corrected chi connectivity index (χ1v) is 10.2. The zero-order chi connectivity index (χ0) is 21.5. The minimum Gasteiger partial charge on any atom is -0.497 e. The summed E-state index contributed by atoms with van der Waals surface area (Å²) in [5.41, 5.74) is 1.20. The Bertz CT molecular complexity index is 1350. The molecule has 1 heterocycles. The molecule has 0 aliphatic heterocycles. The molecule has 0 fully saturated rings. The number of hydrogen-bond donors (Lipinski definition) is 0. The quantitative estimate of drug-likeness (QED) is 0.450. The van der Waals surface area contributed by atoms with E-state index in [0.29, 0.717) is 40.5 Å². The van der Waals surface area contributed by atoms with E-state index in [2.05, 4.69) is 4.98 Å². The number of pyridine rings is 1. The van der Waals surface area contributed by atoms with E-state index in [9.17, 15) is 21.6 Å². The highest BCUT2D eigenvalue weighted by Gasteiger charge is 2.23. The molecule has 4 aromatic rings. The zero-order valence-corrected chi connectivity index (χ0v) is 16.4. The van der Waals surface area contributed by atoms with Gasteiger partial charge in [0.15, 0.2) is 5.03 Å². The fourth-order valence-electron chi connectivity index (χ4n) is 3.13. The van der Waals surface area contributed by atoms with Crippen LogP contribution in [0.15, 0.2) is 76.7 Å². The predicted molar refractivity (Wildman–Crippen MR) is 105 cm³/mol. The van der Waals surface area contributed by atoms with Crippen molar-refractivity contribution in [2.45, 2.75) is 9.92 Å². The van der Waals surface area contributed by atoms with Crippen LogP contribution >= 0.6 is 0 Å². The van der Waals surface area contributed by atoms with Crippen LogP contribution in [0.25, 0.3) is 22.0 Å². The van der Waals surface area contributed by atoms with Crippen LogP contribution in [0.2, 0.25) is 0 Å². The van der Waals surface area contributed by atoms with Gasteiger partial charge < -0.3 is 4.74 Å².